The lowest BCUT2D eigenvalue weighted by Gasteiger charge is -2.11. The highest BCUT2D eigenvalue weighted by Crippen LogP contribution is 2.20. The minimum absolute atomic E-state index is 0.218. The molecule has 0 fully saturated rings. The highest BCUT2D eigenvalue weighted by Gasteiger charge is 2.07. The van der Waals surface area contributed by atoms with Crippen molar-refractivity contribution in [2.45, 2.75) is 58.0 Å². The zero-order valence-electron chi connectivity index (χ0n) is 13.6. The number of aliphatic hydroxyl groups is 1. The largest absolute Gasteiger partial charge is 0.466 e. The summed E-state index contributed by atoms with van der Waals surface area (Å²) >= 11 is 0. The molecule has 0 aliphatic carbocycles. The van der Waals surface area contributed by atoms with Crippen LogP contribution < -0.4 is 5.73 Å². The van der Waals surface area contributed by atoms with Gasteiger partial charge in [0.15, 0.2) is 0 Å². The highest BCUT2D eigenvalue weighted by atomic mass is 16.5. The second-order valence-electron chi connectivity index (χ2n) is 5.69. The van der Waals surface area contributed by atoms with E-state index >= 15 is 0 Å². The molecule has 124 valence electrons. The molecule has 0 aliphatic rings. The number of aryl methyl sites for hydroxylation is 1. The summed E-state index contributed by atoms with van der Waals surface area (Å²) in [6, 6.07) is 8.17. The second kappa shape index (κ2) is 11.2. The van der Waals surface area contributed by atoms with Crippen molar-refractivity contribution in [3.05, 3.63) is 35.4 Å². The first kappa shape index (κ1) is 18.7. The molecule has 0 bridgehead atoms. The van der Waals surface area contributed by atoms with Gasteiger partial charge >= 0.3 is 5.97 Å². The molecule has 1 unspecified atom stereocenters. The van der Waals surface area contributed by atoms with Gasteiger partial charge in [-0.3, -0.25) is 4.79 Å². The van der Waals surface area contributed by atoms with Gasteiger partial charge in [-0.1, -0.05) is 37.1 Å². The van der Waals surface area contributed by atoms with Crippen LogP contribution in [0, 0.1) is 0 Å². The Morgan fingerprint density at radius 1 is 1.14 bits per heavy atom. The molecular weight excluding hydrogens is 278 g/mol. The van der Waals surface area contributed by atoms with E-state index in [1.807, 2.05) is 12.1 Å². The Balaban J connectivity index is 2.25. The van der Waals surface area contributed by atoms with Gasteiger partial charge in [-0.05, 0) is 49.8 Å². The molecule has 0 radical (unpaired) electrons. The number of carbonyl (C=O) groups is 1. The number of rotatable bonds is 11. The first-order valence-corrected chi connectivity index (χ1v) is 8.24. The zero-order valence-corrected chi connectivity index (χ0v) is 13.6. The molecule has 0 aliphatic heterocycles. The summed E-state index contributed by atoms with van der Waals surface area (Å²) in [5, 5.41) is 10.1. The van der Waals surface area contributed by atoms with Crippen molar-refractivity contribution in [3.8, 4) is 0 Å². The first-order valence-electron chi connectivity index (χ1n) is 8.24. The molecule has 0 aromatic heterocycles. The summed E-state index contributed by atoms with van der Waals surface area (Å²) in [5.41, 5.74) is 7.69. The molecule has 0 heterocycles. The minimum atomic E-state index is -0.379. The summed E-state index contributed by atoms with van der Waals surface area (Å²) in [6.45, 7) is 2.65. The van der Waals surface area contributed by atoms with E-state index < -0.39 is 0 Å². The van der Waals surface area contributed by atoms with Crippen molar-refractivity contribution in [2.75, 3.05) is 13.2 Å². The van der Waals surface area contributed by atoms with Gasteiger partial charge in [0.1, 0.15) is 0 Å². The third-order valence-corrected chi connectivity index (χ3v) is 3.71. The zero-order chi connectivity index (χ0) is 16.2. The fourth-order valence-corrected chi connectivity index (χ4v) is 2.38. The quantitative estimate of drug-likeness (QED) is 0.486. The average molecular weight is 307 g/mol. The Morgan fingerprint density at radius 2 is 1.86 bits per heavy atom. The van der Waals surface area contributed by atoms with Crippen LogP contribution in [-0.2, 0) is 16.0 Å². The van der Waals surface area contributed by atoms with Crippen molar-refractivity contribution in [3.63, 3.8) is 0 Å². The molecule has 4 nitrogen and oxygen atoms in total. The molecule has 22 heavy (non-hydrogen) atoms. The summed E-state index contributed by atoms with van der Waals surface area (Å²) < 4.78 is 4.91. The molecule has 4 heteroatoms. The molecule has 0 saturated heterocycles. The Hall–Kier alpha value is -1.39. The molecule has 1 aromatic rings. The topological polar surface area (TPSA) is 72.5 Å². The van der Waals surface area contributed by atoms with Crippen LogP contribution in [0.2, 0.25) is 0 Å². The van der Waals surface area contributed by atoms with Crippen molar-refractivity contribution < 1.29 is 14.6 Å². The average Bonchev–Trinajstić information content (AvgIpc) is 2.51. The van der Waals surface area contributed by atoms with Crippen LogP contribution in [0.25, 0.3) is 0 Å². The monoisotopic (exact) mass is 307 g/mol. The SMILES string of the molecule is CC(=O)OCCCCc1ccc(C(O)CCCCCN)cc1. The number of unbranched alkanes of at least 4 members (excludes halogenated alkanes) is 3. The molecular formula is C18H29NO3. The fourth-order valence-electron chi connectivity index (χ4n) is 2.38. The molecule has 1 atom stereocenters. The maximum absolute atomic E-state index is 10.6. The number of benzene rings is 1. The second-order valence-corrected chi connectivity index (χ2v) is 5.69. The van der Waals surface area contributed by atoms with Gasteiger partial charge in [0, 0.05) is 6.92 Å². The smallest absolute Gasteiger partial charge is 0.302 e. The van der Waals surface area contributed by atoms with Crippen LogP contribution in [0.15, 0.2) is 24.3 Å². The summed E-state index contributed by atoms with van der Waals surface area (Å²) in [4.78, 5) is 10.6. The van der Waals surface area contributed by atoms with Gasteiger partial charge in [0.25, 0.3) is 0 Å². The Kier molecular flexibility index (Phi) is 9.51. The Labute approximate surface area is 133 Å². The molecule has 1 rings (SSSR count). The maximum atomic E-state index is 10.6. The summed E-state index contributed by atoms with van der Waals surface area (Å²) in [7, 11) is 0. The molecule has 0 spiro atoms. The van der Waals surface area contributed by atoms with Crippen molar-refractivity contribution in [1.82, 2.24) is 0 Å². The number of hydrogen-bond acceptors (Lipinski definition) is 4. The number of esters is 1. The molecule has 3 N–H and O–H groups in total. The van der Waals surface area contributed by atoms with E-state index in [1.165, 1.54) is 12.5 Å². The van der Waals surface area contributed by atoms with E-state index in [4.69, 9.17) is 10.5 Å². The highest BCUT2D eigenvalue weighted by molar-refractivity contribution is 5.65. The number of nitrogens with two attached hydrogens (primary N) is 1. The van der Waals surface area contributed by atoms with E-state index in [1.54, 1.807) is 0 Å². The number of aliphatic hydroxyl groups excluding tert-OH is 1. The minimum Gasteiger partial charge on any atom is -0.466 e. The van der Waals surface area contributed by atoms with Gasteiger partial charge < -0.3 is 15.6 Å². The van der Waals surface area contributed by atoms with Crippen LogP contribution in [0.3, 0.4) is 0 Å². The van der Waals surface area contributed by atoms with Crippen LogP contribution in [0.5, 0.6) is 0 Å². The van der Waals surface area contributed by atoms with E-state index in [-0.39, 0.29) is 12.1 Å². The van der Waals surface area contributed by atoms with Crippen LogP contribution >= 0.6 is 0 Å². The standard InChI is InChI=1S/C18H29NO3/c1-15(20)22-14-6-4-7-16-9-11-17(12-10-16)18(21)8-3-2-5-13-19/h9-12,18,21H,2-8,13-14,19H2,1H3. The van der Waals surface area contributed by atoms with Gasteiger partial charge in [0.2, 0.25) is 0 Å². The predicted octanol–water partition coefficient (Wildman–Crippen LogP) is 3.12. The van der Waals surface area contributed by atoms with Crippen molar-refractivity contribution in [2.24, 2.45) is 5.73 Å². The van der Waals surface area contributed by atoms with Gasteiger partial charge in [0.05, 0.1) is 12.7 Å². The lowest BCUT2D eigenvalue weighted by molar-refractivity contribution is -0.141. The van der Waals surface area contributed by atoms with Gasteiger partial charge in [-0.15, -0.1) is 0 Å². The van der Waals surface area contributed by atoms with E-state index in [9.17, 15) is 9.90 Å². The predicted molar refractivity (Wildman–Crippen MR) is 88.5 cm³/mol. The normalized spacial score (nSPS) is 12.1. The first-order chi connectivity index (χ1) is 10.6. The van der Waals surface area contributed by atoms with E-state index in [0.717, 1.165) is 57.1 Å². The van der Waals surface area contributed by atoms with Gasteiger partial charge in [-0.25, -0.2) is 0 Å². The fraction of sp³-hybridized carbons (Fsp3) is 0.611. The number of ether oxygens (including phenoxy) is 1. The van der Waals surface area contributed by atoms with E-state index in [2.05, 4.69) is 12.1 Å². The third-order valence-electron chi connectivity index (χ3n) is 3.71. The molecule has 0 amide bonds. The van der Waals surface area contributed by atoms with Crippen molar-refractivity contribution in [1.29, 1.82) is 0 Å². The molecule has 0 saturated carbocycles. The van der Waals surface area contributed by atoms with Gasteiger partial charge in [-0.2, -0.15) is 0 Å². The third kappa shape index (κ3) is 8.15. The number of carbonyl (C=O) groups excluding carboxylic acids is 1. The van der Waals surface area contributed by atoms with Crippen molar-refractivity contribution >= 4 is 5.97 Å². The Morgan fingerprint density at radius 3 is 2.50 bits per heavy atom. The Bertz CT molecular complexity index is 417. The maximum Gasteiger partial charge on any atom is 0.302 e. The summed E-state index contributed by atoms with van der Waals surface area (Å²) in [6.07, 6.45) is 6.37. The number of hydrogen-bond donors (Lipinski definition) is 2. The van der Waals surface area contributed by atoms with E-state index in [0.29, 0.717) is 6.61 Å². The lowest BCUT2D eigenvalue weighted by Crippen LogP contribution is -2.01. The summed E-state index contributed by atoms with van der Waals surface area (Å²) in [5.74, 6) is -0.218. The van der Waals surface area contributed by atoms with Crippen LogP contribution in [0.4, 0.5) is 0 Å². The van der Waals surface area contributed by atoms with Crippen LogP contribution in [-0.4, -0.2) is 24.2 Å². The lowest BCUT2D eigenvalue weighted by atomic mass is 10.00. The van der Waals surface area contributed by atoms with Crippen LogP contribution in [0.1, 0.15) is 62.7 Å². The molecule has 1 aromatic carbocycles.